The molecule has 0 unspecified atom stereocenters. The van der Waals surface area contributed by atoms with Crippen LogP contribution in [-0.2, 0) is 4.79 Å². The summed E-state index contributed by atoms with van der Waals surface area (Å²) in [6, 6.07) is 21.4. The van der Waals surface area contributed by atoms with Crippen LogP contribution < -0.4 is 15.8 Å². The number of rotatable bonds is 10. The number of halogens is 1. The van der Waals surface area contributed by atoms with Crippen molar-refractivity contribution >= 4 is 29.3 Å². The third-order valence-corrected chi connectivity index (χ3v) is 5.67. The SMILES string of the molecule is C=C(N)c1cccc(NC[C@H](CC=O)c2ccc(Cl)c(Oc3ccccc3C(C)C)c2)c1. The smallest absolute Gasteiger partial charge is 0.146 e. The number of carbonyl (C=O) groups is 1. The van der Waals surface area contributed by atoms with Gasteiger partial charge in [-0.3, -0.25) is 0 Å². The van der Waals surface area contributed by atoms with E-state index in [1.54, 1.807) is 0 Å². The molecule has 0 aliphatic heterocycles. The highest BCUT2D eigenvalue weighted by Gasteiger charge is 2.16. The molecule has 0 bridgehead atoms. The second-order valence-corrected chi connectivity index (χ2v) is 8.48. The van der Waals surface area contributed by atoms with Crippen LogP contribution in [0.5, 0.6) is 11.5 Å². The first-order valence-corrected chi connectivity index (χ1v) is 11.1. The van der Waals surface area contributed by atoms with Crippen LogP contribution in [-0.4, -0.2) is 12.8 Å². The number of hydrogen-bond acceptors (Lipinski definition) is 4. The highest BCUT2D eigenvalue weighted by atomic mass is 35.5. The van der Waals surface area contributed by atoms with Crippen molar-refractivity contribution in [2.75, 3.05) is 11.9 Å². The van der Waals surface area contributed by atoms with E-state index in [-0.39, 0.29) is 5.92 Å². The predicted octanol–water partition coefficient (Wildman–Crippen LogP) is 6.97. The zero-order valence-corrected chi connectivity index (χ0v) is 19.2. The van der Waals surface area contributed by atoms with Gasteiger partial charge in [0.2, 0.25) is 0 Å². The number of anilines is 1. The maximum absolute atomic E-state index is 11.4. The molecule has 3 aromatic carbocycles. The number of hydrogen-bond donors (Lipinski definition) is 2. The zero-order valence-electron chi connectivity index (χ0n) is 18.5. The maximum Gasteiger partial charge on any atom is 0.146 e. The Morgan fingerprint density at radius 3 is 2.59 bits per heavy atom. The molecule has 0 heterocycles. The number of ether oxygens (including phenoxy) is 1. The van der Waals surface area contributed by atoms with Crippen LogP contribution in [0, 0.1) is 0 Å². The monoisotopic (exact) mass is 448 g/mol. The summed E-state index contributed by atoms with van der Waals surface area (Å²) in [5.74, 6) is 1.64. The molecule has 0 aliphatic rings. The van der Waals surface area contributed by atoms with E-state index >= 15 is 0 Å². The van der Waals surface area contributed by atoms with Gasteiger partial charge in [0.05, 0.1) is 5.02 Å². The topological polar surface area (TPSA) is 64.3 Å². The molecule has 0 saturated heterocycles. The molecule has 5 heteroatoms. The Morgan fingerprint density at radius 1 is 1.09 bits per heavy atom. The van der Waals surface area contributed by atoms with E-state index in [0.717, 1.165) is 34.4 Å². The van der Waals surface area contributed by atoms with Gasteiger partial charge in [-0.15, -0.1) is 0 Å². The summed E-state index contributed by atoms with van der Waals surface area (Å²) in [5.41, 5.74) is 10.2. The van der Waals surface area contributed by atoms with Gasteiger partial charge in [0.15, 0.2) is 0 Å². The lowest BCUT2D eigenvalue weighted by Crippen LogP contribution is -2.14. The summed E-state index contributed by atoms with van der Waals surface area (Å²) >= 11 is 6.45. The highest BCUT2D eigenvalue weighted by Crippen LogP contribution is 2.36. The standard InChI is InChI=1S/C27H29ClN2O2/c1-18(2)24-9-4-5-10-26(24)32-27-16-21(11-12-25(27)28)22(13-14-31)17-30-23-8-6-7-20(15-23)19(3)29/h4-12,14-16,18,22,30H,3,13,17,29H2,1-2H3/t22-/m0/s1. The van der Waals surface area contributed by atoms with Crippen molar-refractivity contribution in [3.63, 3.8) is 0 Å². The summed E-state index contributed by atoms with van der Waals surface area (Å²) in [6.45, 7) is 8.61. The van der Waals surface area contributed by atoms with Gasteiger partial charge in [0.1, 0.15) is 17.8 Å². The van der Waals surface area contributed by atoms with Crippen LogP contribution in [0.3, 0.4) is 0 Å². The number of para-hydroxylation sites is 1. The fourth-order valence-corrected chi connectivity index (χ4v) is 3.70. The summed E-state index contributed by atoms with van der Waals surface area (Å²) < 4.78 is 6.21. The van der Waals surface area contributed by atoms with Crippen LogP contribution in [0.25, 0.3) is 5.70 Å². The normalized spacial score (nSPS) is 11.8. The van der Waals surface area contributed by atoms with Crippen LogP contribution in [0.15, 0.2) is 73.3 Å². The van der Waals surface area contributed by atoms with Gasteiger partial charge in [-0.25, -0.2) is 0 Å². The molecule has 4 nitrogen and oxygen atoms in total. The van der Waals surface area contributed by atoms with Crippen LogP contribution in [0.1, 0.15) is 48.8 Å². The maximum atomic E-state index is 11.4. The quantitative estimate of drug-likeness (QED) is 0.329. The van der Waals surface area contributed by atoms with Crippen LogP contribution >= 0.6 is 11.6 Å². The van der Waals surface area contributed by atoms with E-state index in [1.807, 2.05) is 60.7 Å². The predicted molar refractivity (Wildman–Crippen MR) is 134 cm³/mol. The lowest BCUT2D eigenvalue weighted by Gasteiger charge is -2.19. The molecule has 3 aromatic rings. The summed E-state index contributed by atoms with van der Waals surface area (Å²) in [6.07, 6.45) is 1.31. The molecule has 3 rings (SSSR count). The van der Waals surface area contributed by atoms with Gasteiger partial charge in [0, 0.05) is 30.3 Å². The molecule has 166 valence electrons. The minimum atomic E-state index is -0.0443. The first-order valence-electron chi connectivity index (χ1n) is 10.7. The summed E-state index contributed by atoms with van der Waals surface area (Å²) in [4.78, 5) is 11.4. The number of nitrogens with two attached hydrogens (primary N) is 1. The highest BCUT2D eigenvalue weighted by molar-refractivity contribution is 6.32. The van der Waals surface area contributed by atoms with Crippen molar-refractivity contribution in [1.29, 1.82) is 0 Å². The molecule has 0 radical (unpaired) electrons. The van der Waals surface area contributed by atoms with E-state index in [4.69, 9.17) is 22.1 Å². The van der Waals surface area contributed by atoms with E-state index in [9.17, 15) is 4.79 Å². The molecular formula is C27H29ClN2O2. The van der Waals surface area contributed by atoms with Gasteiger partial charge >= 0.3 is 0 Å². The van der Waals surface area contributed by atoms with Gasteiger partial charge in [-0.2, -0.15) is 0 Å². The molecule has 0 fully saturated rings. The first-order chi connectivity index (χ1) is 15.4. The minimum absolute atomic E-state index is 0.0443. The van der Waals surface area contributed by atoms with Crippen molar-refractivity contribution in [1.82, 2.24) is 0 Å². The van der Waals surface area contributed by atoms with Crippen molar-refractivity contribution in [2.24, 2.45) is 5.73 Å². The molecule has 1 atom stereocenters. The fourth-order valence-electron chi connectivity index (χ4n) is 3.54. The van der Waals surface area contributed by atoms with Crippen LogP contribution in [0.2, 0.25) is 5.02 Å². The lowest BCUT2D eigenvalue weighted by atomic mass is 9.95. The second-order valence-electron chi connectivity index (χ2n) is 8.07. The molecule has 32 heavy (non-hydrogen) atoms. The summed E-state index contributed by atoms with van der Waals surface area (Å²) in [5, 5.41) is 3.93. The number of benzene rings is 3. The Labute approximate surface area is 195 Å². The molecule has 0 aliphatic carbocycles. The van der Waals surface area contributed by atoms with Crippen molar-refractivity contribution in [3.8, 4) is 11.5 Å². The van der Waals surface area contributed by atoms with Crippen molar-refractivity contribution in [2.45, 2.75) is 32.1 Å². The van der Waals surface area contributed by atoms with E-state index < -0.39 is 0 Å². The fraction of sp³-hybridized carbons (Fsp3) is 0.222. The molecule has 0 saturated carbocycles. The van der Waals surface area contributed by atoms with E-state index in [2.05, 4.69) is 31.8 Å². The molecule has 0 amide bonds. The number of nitrogens with one attached hydrogen (secondary N) is 1. The molecular weight excluding hydrogens is 420 g/mol. The Morgan fingerprint density at radius 2 is 1.88 bits per heavy atom. The van der Waals surface area contributed by atoms with Crippen molar-refractivity contribution < 1.29 is 9.53 Å². The van der Waals surface area contributed by atoms with Gasteiger partial charge in [0.25, 0.3) is 0 Å². The van der Waals surface area contributed by atoms with Gasteiger partial charge < -0.3 is 20.6 Å². The summed E-state index contributed by atoms with van der Waals surface area (Å²) in [7, 11) is 0. The number of carbonyl (C=O) groups excluding carboxylic acids is 1. The Kier molecular flexibility index (Phi) is 7.96. The third kappa shape index (κ3) is 5.92. The lowest BCUT2D eigenvalue weighted by molar-refractivity contribution is -0.108. The Balaban J connectivity index is 1.82. The second kappa shape index (κ2) is 10.9. The van der Waals surface area contributed by atoms with E-state index in [1.165, 1.54) is 0 Å². The number of aldehydes is 1. The average molecular weight is 449 g/mol. The first kappa shape index (κ1) is 23.4. The largest absolute Gasteiger partial charge is 0.455 e. The zero-order chi connectivity index (χ0) is 23.1. The average Bonchev–Trinajstić information content (AvgIpc) is 2.78. The minimum Gasteiger partial charge on any atom is -0.455 e. The Bertz CT molecular complexity index is 1090. The third-order valence-electron chi connectivity index (χ3n) is 5.35. The molecule has 0 spiro atoms. The van der Waals surface area contributed by atoms with Crippen molar-refractivity contribution in [3.05, 3.63) is 95.0 Å². The van der Waals surface area contributed by atoms with Crippen LogP contribution in [0.4, 0.5) is 5.69 Å². The van der Waals surface area contributed by atoms with Gasteiger partial charge in [-0.1, -0.05) is 68.4 Å². The molecule has 0 aromatic heterocycles. The van der Waals surface area contributed by atoms with Gasteiger partial charge in [-0.05, 0) is 52.9 Å². The molecule has 3 N–H and O–H groups in total. The van der Waals surface area contributed by atoms with E-state index in [0.29, 0.717) is 35.4 Å². The Hall–Kier alpha value is -3.24.